The Morgan fingerprint density at radius 1 is 1.28 bits per heavy atom. The van der Waals surface area contributed by atoms with Crippen molar-refractivity contribution in [2.75, 3.05) is 18.4 Å². The number of hydrogen-bond acceptors (Lipinski definition) is 2. The van der Waals surface area contributed by atoms with Gasteiger partial charge in [0.2, 0.25) is 5.91 Å². The van der Waals surface area contributed by atoms with E-state index in [1.54, 1.807) is 0 Å². The van der Waals surface area contributed by atoms with E-state index in [0.717, 1.165) is 44.1 Å². The average Bonchev–Trinajstić information content (AvgIpc) is 2.29. The van der Waals surface area contributed by atoms with Crippen molar-refractivity contribution in [1.29, 1.82) is 0 Å². The molecule has 1 aliphatic heterocycles. The quantitative estimate of drug-likeness (QED) is 0.624. The van der Waals surface area contributed by atoms with Crippen LogP contribution < -0.4 is 5.32 Å². The maximum absolute atomic E-state index is 11.7. The number of hydrogen-bond donors (Lipinski definition) is 1. The number of halogens is 1. The van der Waals surface area contributed by atoms with Crippen molar-refractivity contribution < 1.29 is 4.79 Å². The number of unbranched alkanes of at least 4 members (excludes halogenated alkanes) is 1. The van der Waals surface area contributed by atoms with Gasteiger partial charge in [-0.15, -0.1) is 0 Å². The van der Waals surface area contributed by atoms with Crippen LogP contribution in [0.15, 0.2) is 0 Å². The number of likely N-dealkylation sites (tertiary alicyclic amines) is 1. The number of carbonyl (C=O) groups excluding carboxylic acids is 1. The summed E-state index contributed by atoms with van der Waals surface area (Å²) in [5, 5.41) is 4.16. The molecule has 1 fully saturated rings. The second-order valence-corrected chi connectivity index (χ2v) is 6.94. The molecule has 106 valence electrons. The molecule has 1 N–H and O–H groups in total. The molecule has 1 amide bonds. The minimum Gasteiger partial charge on any atom is -0.353 e. The van der Waals surface area contributed by atoms with E-state index in [1.807, 2.05) is 0 Å². The summed E-state index contributed by atoms with van der Waals surface area (Å²) >= 11 is 3.39. The Morgan fingerprint density at radius 3 is 2.39 bits per heavy atom. The molecule has 0 aromatic carbocycles. The normalized spacial score (nSPS) is 18.9. The van der Waals surface area contributed by atoms with Crippen LogP contribution in [0.4, 0.5) is 0 Å². The largest absolute Gasteiger partial charge is 0.353 e. The maximum atomic E-state index is 11.7. The Balaban J connectivity index is 2.21. The van der Waals surface area contributed by atoms with Crippen LogP contribution in [-0.2, 0) is 4.79 Å². The molecule has 1 saturated heterocycles. The highest BCUT2D eigenvalue weighted by Gasteiger charge is 2.27. The maximum Gasteiger partial charge on any atom is 0.220 e. The Hall–Kier alpha value is -0.0900. The monoisotopic (exact) mass is 318 g/mol. The van der Waals surface area contributed by atoms with Crippen LogP contribution in [0.2, 0.25) is 0 Å². The van der Waals surface area contributed by atoms with Crippen molar-refractivity contribution in [1.82, 2.24) is 10.2 Å². The molecule has 0 radical (unpaired) electrons. The number of piperidine rings is 1. The van der Waals surface area contributed by atoms with Crippen LogP contribution >= 0.6 is 15.9 Å². The van der Waals surface area contributed by atoms with Gasteiger partial charge in [-0.05, 0) is 46.5 Å². The van der Waals surface area contributed by atoms with Crippen molar-refractivity contribution in [2.24, 2.45) is 0 Å². The molecule has 1 aliphatic rings. The standard InChI is InChI=1S/C14H27BrN2O/c1-14(2,3)17-10-7-12(8-11-17)16-13(18)6-4-5-9-15/h12H,4-11H2,1-3H3,(H,16,18). The minimum absolute atomic E-state index is 0.227. The van der Waals surface area contributed by atoms with Gasteiger partial charge in [0.25, 0.3) is 0 Å². The highest BCUT2D eigenvalue weighted by Crippen LogP contribution is 2.20. The lowest BCUT2D eigenvalue weighted by molar-refractivity contribution is -0.122. The topological polar surface area (TPSA) is 32.3 Å². The molecule has 3 nitrogen and oxygen atoms in total. The Kier molecular flexibility index (Phi) is 6.64. The van der Waals surface area contributed by atoms with Crippen LogP contribution in [0.5, 0.6) is 0 Å². The molecule has 0 unspecified atom stereocenters. The Morgan fingerprint density at radius 2 is 1.89 bits per heavy atom. The van der Waals surface area contributed by atoms with E-state index in [0.29, 0.717) is 12.5 Å². The van der Waals surface area contributed by atoms with Gasteiger partial charge >= 0.3 is 0 Å². The second-order valence-electron chi connectivity index (χ2n) is 6.15. The van der Waals surface area contributed by atoms with Crippen LogP contribution in [0, 0.1) is 0 Å². The number of rotatable bonds is 5. The third-order valence-electron chi connectivity index (χ3n) is 3.60. The number of nitrogens with one attached hydrogen (secondary N) is 1. The van der Waals surface area contributed by atoms with E-state index in [2.05, 4.69) is 46.9 Å². The molecule has 1 rings (SSSR count). The van der Waals surface area contributed by atoms with Gasteiger partial charge < -0.3 is 5.32 Å². The predicted molar refractivity (Wildman–Crippen MR) is 80.1 cm³/mol. The summed E-state index contributed by atoms with van der Waals surface area (Å²) in [6.07, 6.45) is 4.90. The number of carbonyl (C=O) groups is 1. The fourth-order valence-corrected chi connectivity index (χ4v) is 2.77. The van der Waals surface area contributed by atoms with Crippen LogP contribution in [0.3, 0.4) is 0 Å². The van der Waals surface area contributed by atoms with Crippen molar-refractivity contribution >= 4 is 21.8 Å². The van der Waals surface area contributed by atoms with E-state index in [9.17, 15) is 4.79 Å². The molecule has 0 saturated carbocycles. The lowest BCUT2D eigenvalue weighted by Crippen LogP contribution is -2.50. The summed E-state index contributed by atoms with van der Waals surface area (Å²) in [4.78, 5) is 14.2. The summed E-state index contributed by atoms with van der Waals surface area (Å²) in [6.45, 7) is 8.95. The molecule has 0 spiro atoms. The smallest absolute Gasteiger partial charge is 0.220 e. The Bertz CT molecular complexity index is 255. The van der Waals surface area contributed by atoms with Gasteiger partial charge in [-0.3, -0.25) is 9.69 Å². The summed E-state index contributed by atoms with van der Waals surface area (Å²) in [7, 11) is 0. The van der Waals surface area contributed by atoms with Gasteiger partial charge in [0.05, 0.1) is 0 Å². The van der Waals surface area contributed by atoms with Gasteiger partial charge in [0.1, 0.15) is 0 Å². The van der Waals surface area contributed by atoms with E-state index in [-0.39, 0.29) is 11.4 Å². The summed E-state index contributed by atoms with van der Waals surface area (Å²) in [6, 6.07) is 0.389. The third-order valence-corrected chi connectivity index (χ3v) is 4.16. The molecule has 0 aliphatic carbocycles. The fraction of sp³-hybridized carbons (Fsp3) is 0.929. The lowest BCUT2D eigenvalue weighted by atomic mass is 9.98. The zero-order valence-corrected chi connectivity index (χ0v) is 13.6. The highest BCUT2D eigenvalue weighted by atomic mass is 79.9. The molecule has 4 heteroatoms. The van der Waals surface area contributed by atoms with Gasteiger partial charge in [0, 0.05) is 36.4 Å². The fourth-order valence-electron chi connectivity index (χ4n) is 2.37. The van der Waals surface area contributed by atoms with E-state index < -0.39 is 0 Å². The van der Waals surface area contributed by atoms with Gasteiger partial charge in [-0.25, -0.2) is 0 Å². The van der Waals surface area contributed by atoms with Crippen LogP contribution in [0.25, 0.3) is 0 Å². The molecule has 0 bridgehead atoms. The van der Waals surface area contributed by atoms with Crippen molar-refractivity contribution in [3.8, 4) is 0 Å². The van der Waals surface area contributed by atoms with Gasteiger partial charge in [-0.1, -0.05) is 15.9 Å². The molecule has 18 heavy (non-hydrogen) atoms. The molecule has 0 atom stereocenters. The molecule has 1 heterocycles. The van der Waals surface area contributed by atoms with Gasteiger partial charge in [0.15, 0.2) is 0 Å². The summed E-state index contributed by atoms with van der Waals surface area (Å²) in [5.41, 5.74) is 0.255. The minimum atomic E-state index is 0.227. The zero-order chi connectivity index (χ0) is 13.6. The molecule has 0 aromatic heterocycles. The first kappa shape index (κ1) is 16.0. The first-order chi connectivity index (χ1) is 8.43. The van der Waals surface area contributed by atoms with E-state index >= 15 is 0 Å². The first-order valence-corrected chi connectivity index (χ1v) is 8.16. The molecular weight excluding hydrogens is 292 g/mol. The van der Waals surface area contributed by atoms with Crippen LogP contribution in [0.1, 0.15) is 52.9 Å². The number of amides is 1. The van der Waals surface area contributed by atoms with E-state index in [4.69, 9.17) is 0 Å². The van der Waals surface area contributed by atoms with E-state index in [1.165, 1.54) is 0 Å². The summed E-state index contributed by atoms with van der Waals surface area (Å²) in [5.74, 6) is 0.227. The number of nitrogens with zero attached hydrogens (tertiary/aromatic N) is 1. The molecule has 0 aromatic rings. The predicted octanol–water partition coefficient (Wildman–Crippen LogP) is 2.93. The second kappa shape index (κ2) is 7.49. The van der Waals surface area contributed by atoms with Crippen LogP contribution in [-0.4, -0.2) is 40.8 Å². The lowest BCUT2D eigenvalue weighted by Gasteiger charge is -2.41. The van der Waals surface area contributed by atoms with Crippen molar-refractivity contribution in [2.45, 2.75) is 64.5 Å². The molecular formula is C14H27BrN2O. The highest BCUT2D eigenvalue weighted by molar-refractivity contribution is 9.09. The summed E-state index contributed by atoms with van der Waals surface area (Å²) < 4.78 is 0. The van der Waals surface area contributed by atoms with Gasteiger partial charge in [-0.2, -0.15) is 0 Å². The SMILES string of the molecule is CC(C)(C)N1CCC(NC(=O)CCCCBr)CC1. The average molecular weight is 319 g/mol. The number of alkyl halides is 1. The van der Waals surface area contributed by atoms with Crippen molar-refractivity contribution in [3.63, 3.8) is 0 Å². The zero-order valence-electron chi connectivity index (χ0n) is 12.0. The third kappa shape index (κ3) is 5.70. The van der Waals surface area contributed by atoms with Crippen molar-refractivity contribution in [3.05, 3.63) is 0 Å². The first-order valence-electron chi connectivity index (χ1n) is 7.04. The Labute approximate surface area is 120 Å².